The summed E-state index contributed by atoms with van der Waals surface area (Å²) in [5.74, 6) is 0.312. The Morgan fingerprint density at radius 1 is 1.03 bits per heavy atom. The normalized spacial score (nSPS) is 11.1. The molecule has 1 heterocycles. The minimum Gasteiger partial charge on any atom is -0.508 e. The molecule has 0 saturated carbocycles. The molecule has 0 unspecified atom stereocenters. The first-order valence-corrected chi connectivity index (χ1v) is 12.6. The molecule has 6 heteroatoms. The molecule has 1 aliphatic heterocycles. The Bertz CT molecular complexity index is 773. The minimum atomic E-state index is -0.194. The van der Waals surface area contributed by atoms with Crippen molar-refractivity contribution in [3.05, 3.63) is 66.3 Å². The first-order chi connectivity index (χ1) is 16.4. The number of halogens is 1. The number of nitrogens with zero attached hydrogens (tertiary/aromatic N) is 2. The molecule has 1 amide bonds. The van der Waals surface area contributed by atoms with Crippen molar-refractivity contribution < 1.29 is 35.4 Å². The summed E-state index contributed by atoms with van der Waals surface area (Å²) in [6.45, 7) is 18.3. The Morgan fingerprint density at radius 3 is 2.06 bits per heavy atom. The van der Waals surface area contributed by atoms with Gasteiger partial charge >= 0.3 is 0 Å². The third-order valence-electron chi connectivity index (χ3n) is 4.96. The van der Waals surface area contributed by atoms with Gasteiger partial charge in [0, 0.05) is 46.4 Å². The van der Waals surface area contributed by atoms with Crippen LogP contribution >= 0.6 is 0 Å². The fourth-order valence-corrected chi connectivity index (χ4v) is 3.52. The number of phenols is 1. The van der Waals surface area contributed by atoms with Crippen molar-refractivity contribution in [2.45, 2.75) is 73.6 Å². The molecule has 198 valence electrons. The average molecular weight is 658 g/mol. The maximum Gasteiger partial charge on any atom is 0.242 e. The Morgan fingerprint density at radius 2 is 1.57 bits per heavy atom. The van der Waals surface area contributed by atoms with E-state index in [9.17, 15) is 9.18 Å². The molecular weight excluding hydrogens is 611 g/mol. The van der Waals surface area contributed by atoms with Crippen molar-refractivity contribution in [3.8, 4) is 5.75 Å². The van der Waals surface area contributed by atoms with Gasteiger partial charge in [0.15, 0.2) is 0 Å². The molecule has 0 atom stereocenters. The summed E-state index contributed by atoms with van der Waals surface area (Å²) in [5, 5.41) is 8.76. The maximum atomic E-state index is 13.3. The number of fused-ring (bicyclic) bond motifs is 1. The largest absolute Gasteiger partial charge is 0.508 e. The molecule has 0 saturated heterocycles. The molecular formula is C29H46FN2O2W-. The Balaban J connectivity index is 0. The van der Waals surface area contributed by atoms with Gasteiger partial charge < -0.3 is 21.8 Å². The SMILES string of the molecule is CCC.CCCN(CCC)C(=O)CN1CCCc2cc(F)ccc21.Cc1ccc(O)cc1.[CH2-]C.[W]. The number of amides is 1. The van der Waals surface area contributed by atoms with Crippen molar-refractivity contribution >= 4 is 11.6 Å². The first kappa shape index (κ1) is 35.3. The van der Waals surface area contributed by atoms with E-state index in [1.807, 2.05) is 24.0 Å². The summed E-state index contributed by atoms with van der Waals surface area (Å²) in [5.41, 5.74) is 3.21. The Kier molecular flexibility index (Phi) is 21.6. The van der Waals surface area contributed by atoms with Crippen LogP contribution < -0.4 is 4.90 Å². The van der Waals surface area contributed by atoms with Gasteiger partial charge in [-0.3, -0.25) is 4.79 Å². The van der Waals surface area contributed by atoms with Crippen LogP contribution in [0.2, 0.25) is 0 Å². The second kappa shape index (κ2) is 21.4. The number of hydrogen-bond donors (Lipinski definition) is 1. The van der Waals surface area contributed by atoms with Crippen LogP contribution in [0.3, 0.4) is 0 Å². The number of carbonyl (C=O) groups is 1. The zero-order valence-electron chi connectivity index (χ0n) is 22.6. The van der Waals surface area contributed by atoms with E-state index in [4.69, 9.17) is 5.11 Å². The second-order valence-electron chi connectivity index (χ2n) is 8.22. The van der Waals surface area contributed by atoms with Crippen LogP contribution in [0, 0.1) is 19.7 Å². The van der Waals surface area contributed by atoms with Gasteiger partial charge in [-0.2, -0.15) is 6.92 Å². The van der Waals surface area contributed by atoms with Gasteiger partial charge in [-0.05, 0) is 68.5 Å². The molecule has 35 heavy (non-hydrogen) atoms. The van der Waals surface area contributed by atoms with Crippen LogP contribution in [0.25, 0.3) is 0 Å². The molecule has 0 spiro atoms. The van der Waals surface area contributed by atoms with E-state index in [1.165, 1.54) is 18.1 Å². The smallest absolute Gasteiger partial charge is 0.242 e. The maximum absolute atomic E-state index is 13.3. The summed E-state index contributed by atoms with van der Waals surface area (Å²) < 4.78 is 13.3. The third kappa shape index (κ3) is 14.3. The number of aromatic hydroxyl groups is 1. The van der Waals surface area contributed by atoms with E-state index in [1.54, 1.807) is 31.2 Å². The molecule has 1 N–H and O–H groups in total. The summed E-state index contributed by atoms with van der Waals surface area (Å²) in [7, 11) is 0. The van der Waals surface area contributed by atoms with Gasteiger partial charge in [0.1, 0.15) is 11.6 Å². The van der Waals surface area contributed by atoms with Gasteiger partial charge in [0.2, 0.25) is 5.91 Å². The number of rotatable bonds is 6. The average Bonchev–Trinajstić information content (AvgIpc) is 2.83. The monoisotopic (exact) mass is 657 g/mol. The van der Waals surface area contributed by atoms with E-state index in [-0.39, 0.29) is 32.8 Å². The molecule has 0 aliphatic carbocycles. The molecule has 3 rings (SSSR count). The van der Waals surface area contributed by atoms with E-state index in [0.29, 0.717) is 12.3 Å². The van der Waals surface area contributed by atoms with Crippen LogP contribution in [-0.2, 0) is 32.3 Å². The van der Waals surface area contributed by atoms with E-state index in [0.717, 1.165) is 56.6 Å². The number of carbonyl (C=O) groups excluding carboxylic acids is 1. The Hall–Kier alpha value is -1.87. The zero-order valence-corrected chi connectivity index (χ0v) is 25.6. The number of benzene rings is 2. The van der Waals surface area contributed by atoms with Crippen molar-refractivity contribution in [1.82, 2.24) is 4.90 Å². The number of aryl methyl sites for hydroxylation is 2. The molecule has 4 nitrogen and oxygen atoms in total. The molecule has 0 fully saturated rings. The fourth-order valence-electron chi connectivity index (χ4n) is 3.52. The quantitative estimate of drug-likeness (QED) is 0.335. The summed E-state index contributed by atoms with van der Waals surface area (Å²) in [6.07, 6.45) is 5.08. The van der Waals surface area contributed by atoms with E-state index >= 15 is 0 Å². The van der Waals surface area contributed by atoms with Gasteiger partial charge in [-0.15, -0.1) is 0 Å². The molecule has 0 bridgehead atoms. The number of anilines is 1. The second-order valence-corrected chi connectivity index (χ2v) is 8.22. The van der Waals surface area contributed by atoms with Crippen LogP contribution in [0.1, 0.15) is 71.4 Å². The van der Waals surface area contributed by atoms with Gasteiger partial charge in [-0.25, -0.2) is 4.39 Å². The van der Waals surface area contributed by atoms with Crippen LogP contribution in [0.4, 0.5) is 10.1 Å². The third-order valence-corrected chi connectivity index (χ3v) is 4.96. The summed E-state index contributed by atoms with van der Waals surface area (Å²) in [6, 6.07) is 12.0. The minimum absolute atomic E-state index is 0. The molecule has 1 aliphatic rings. The standard InChI is InChI=1S/C17H25FN2O.C7H8O.C3H8.C2H5.W/c1-3-9-19(10-4-2)17(21)13-20-11-5-6-14-12-15(18)7-8-16(14)20;1-6-2-4-7(8)5-3-6;1-3-2;1-2;/h7-8,12H,3-6,9-11,13H2,1-2H3;2-5,8H,1H3;3H2,1-2H3;1H2,2H3;/q;;;-1;. The number of hydrogen-bond acceptors (Lipinski definition) is 3. The van der Waals surface area contributed by atoms with Crippen LogP contribution in [0.15, 0.2) is 42.5 Å². The predicted molar refractivity (Wildman–Crippen MR) is 144 cm³/mol. The topological polar surface area (TPSA) is 43.8 Å². The first-order valence-electron chi connectivity index (χ1n) is 12.6. The predicted octanol–water partition coefficient (Wildman–Crippen LogP) is 7.18. The van der Waals surface area contributed by atoms with Crippen molar-refractivity contribution in [2.24, 2.45) is 0 Å². The van der Waals surface area contributed by atoms with Crippen LogP contribution in [0.5, 0.6) is 5.75 Å². The molecule has 0 aromatic heterocycles. The van der Waals surface area contributed by atoms with Gasteiger partial charge in [0.05, 0.1) is 6.54 Å². The zero-order chi connectivity index (χ0) is 25.9. The molecule has 2 aromatic carbocycles. The van der Waals surface area contributed by atoms with Crippen molar-refractivity contribution in [2.75, 3.05) is 31.1 Å². The number of phenolic OH excluding ortho intramolecular Hbond substituents is 1. The van der Waals surface area contributed by atoms with Gasteiger partial charge in [-0.1, -0.05) is 51.8 Å². The summed E-state index contributed by atoms with van der Waals surface area (Å²) in [4.78, 5) is 16.5. The van der Waals surface area contributed by atoms with Gasteiger partial charge in [0.25, 0.3) is 0 Å². The van der Waals surface area contributed by atoms with Crippen molar-refractivity contribution in [1.29, 1.82) is 0 Å². The van der Waals surface area contributed by atoms with Crippen LogP contribution in [-0.4, -0.2) is 42.1 Å². The molecule has 2 aromatic rings. The van der Waals surface area contributed by atoms with E-state index in [2.05, 4.69) is 39.5 Å². The van der Waals surface area contributed by atoms with E-state index < -0.39 is 0 Å². The Labute approximate surface area is 228 Å². The molecule has 0 radical (unpaired) electrons. The summed E-state index contributed by atoms with van der Waals surface area (Å²) >= 11 is 0. The fraction of sp³-hybridized carbons (Fsp3) is 0.517. The van der Waals surface area contributed by atoms with Crippen molar-refractivity contribution in [3.63, 3.8) is 0 Å².